The summed E-state index contributed by atoms with van der Waals surface area (Å²) in [4.78, 5) is 14.1. The van der Waals surface area contributed by atoms with E-state index in [1.54, 1.807) is 17.1 Å². The number of amides is 1. The van der Waals surface area contributed by atoms with Gasteiger partial charge < -0.3 is 4.90 Å². The van der Waals surface area contributed by atoms with E-state index in [4.69, 9.17) is 0 Å². The lowest BCUT2D eigenvalue weighted by molar-refractivity contribution is -0.132. The number of nitrogens with zero attached hydrogens (tertiary/aromatic N) is 1. The first-order chi connectivity index (χ1) is 10.6. The molecule has 1 aromatic rings. The average Bonchev–Trinajstić information content (AvgIpc) is 2.96. The Morgan fingerprint density at radius 2 is 1.95 bits per heavy atom. The number of carbonyl (C=O) groups excluding carboxylic acids is 1. The number of hydrogen-bond donors (Lipinski definition) is 0. The van der Waals surface area contributed by atoms with Gasteiger partial charge in [-0.1, -0.05) is 58.4 Å². The minimum Gasteiger partial charge on any atom is -0.335 e. The molecule has 0 aromatic heterocycles. The summed E-state index contributed by atoms with van der Waals surface area (Å²) in [5.41, 5.74) is 1.08. The summed E-state index contributed by atoms with van der Waals surface area (Å²) in [5.74, 6) is -0.0437. The lowest BCUT2D eigenvalue weighted by Gasteiger charge is -2.34. The van der Waals surface area contributed by atoms with Gasteiger partial charge in [0, 0.05) is 12.5 Å². The van der Waals surface area contributed by atoms with Crippen molar-refractivity contribution in [1.82, 2.24) is 4.90 Å². The van der Waals surface area contributed by atoms with Gasteiger partial charge in [-0.15, -0.1) is 0 Å². The van der Waals surface area contributed by atoms with Crippen LogP contribution in [0.5, 0.6) is 0 Å². The predicted molar refractivity (Wildman–Crippen MR) is 89.9 cm³/mol. The van der Waals surface area contributed by atoms with Crippen molar-refractivity contribution in [2.24, 2.45) is 0 Å². The summed E-state index contributed by atoms with van der Waals surface area (Å²) in [7, 11) is 0. The van der Waals surface area contributed by atoms with E-state index < -0.39 is 5.67 Å². The van der Waals surface area contributed by atoms with E-state index in [9.17, 15) is 9.18 Å². The highest BCUT2D eigenvalue weighted by atomic mass is 79.9. The van der Waals surface area contributed by atoms with Gasteiger partial charge in [0.05, 0.1) is 11.9 Å². The molecule has 0 heterocycles. The zero-order valence-electron chi connectivity index (χ0n) is 12.3. The Balaban J connectivity index is 1.78. The highest BCUT2D eigenvalue weighted by molar-refractivity contribution is 9.09. The average molecular weight is 364 g/mol. The predicted octanol–water partition coefficient (Wildman–Crippen LogP) is 3.60. The summed E-state index contributed by atoms with van der Waals surface area (Å²) in [5, 5.41) is 0.232. The standard InChI is InChI=1S/C18H19BrFNO/c19-12-17(22)21(13-18(20)8-4-1-5-9-18)16-10-14-6-2-3-7-15(14)11-16/h1-8,16H,9-13H2. The van der Waals surface area contributed by atoms with Gasteiger partial charge in [0.15, 0.2) is 0 Å². The number of hydrogen-bond acceptors (Lipinski definition) is 1. The van der Waals surface area contributed by atoms with Crippen molar-refractivity contribution in [3.63, 3.8) is 0 Å². The Morgan fingerprint density at radius 1 is 1.27 bits per heavy atom. The van der Waals surface area contributed by atoms with Crippen LogP contribution in [0.15, 0.2) is 48.6 Å². The summed E-state index contributed by atoms with van der Waals surface area (Å²) < 4.78 is 15.0. The molecule has 0 radical (unpaired) electrons. The molecular weight excluding hydrogens is 345 g/mol. The Hall–Kier alpha value is -1.42. The van der Waals surface area contributed by atoms with Crippen LogP contribution < -0.4 is 0 Å². The molecule has 3 rings (SSSR count). The van der Waals surface area contributed by atoms with E-state index in [2.05, 4.69) is 28.1 Å². The van der Waals surface area contributed by atoms with Gasteiger partial charge in [0.1, 0.15) is 5.67 Å². The summed E-state index contributed by atoms with van der Waals surface area (Å²) in [6.07, 6.45) is 8.91. The maximum Gasteiger partial charge on any atom is 0.233 e. The fourth-order valence-corrected chi connectivity index (χ4v) is 3.61. The second-order valence-corrected chi connectivity index (χ2v) is 6.57. The fraction of sp³-hybridized carbons (Fsp3) is 0.389. The third-order valence-corrected chi connectivity index (χ3v) is 4.92. The Labute approximate surface area is 138 Å². The van der Waals surface area contributed by atoms with Crippen LogP contribution in [0.4, 0.5) is 4.39 Å². The van der Waals surface area contributed by atoms with Gasteiger partial charge in [-0.25, -0.2) is 4.39 Å². The zero-order valence-corrected chi connectivity index (χ0v) is 13.9. The van der Waals surface area contributed by atoms with Gasteiger partial charge in [0.2, 0.25) is 5.91 Å². The first-order valence-corrected chi connectivity index (χ1v) is 8.69. The van der Waals surface area contributed by atoms with Gasteiger partial charge in [-0.2, -0.15) is 0 Å². The van der Waals surface area contributed by atoms with Gasteiger partial charge in [-0.3, -0.25) is 4.79 Å². The van der Waals surface area contributed by atoms with Crippen molar-refractivity contribution in [2.45, 2.75) is 31.0 Å². The largest absolute Gasteiger partial charge is 0.335 e. The minimum absolute atomic E-state index is 0.0437. The topological polar surface area (TPSA) is 20.3 Å². The highest BCUT2D eigenvalue weighted by Crippen LogP contribution is 2.30. The van der Waals surface area contributed by atoms with Crippen LogP contribution in [-0.2, 0) is 17.6 Å². The SMILES string of the molecule is O=C(CBr)N(CC1(F)C=CC=CC1)C1Cc2ccccc2C1. The molecule has 2 aliphatic carbocycles. The van der Waals surface area contributed by atoms with Crippen molar-refractivity contribution in [1.29, 1.82) is 0 Å². The number of halogens is 2. The number of benzene rings is 1. The molecule has 116 valence electrons. The van der Waals surface area contributed by atoms with E-state index in [1.165, 1.54) is 11.1 Å². The molecule has 1 unspecified atom stereocenters. The molecule has 0 fully saturated rings. The second-order valence-electron chi connectivity index (χ2n) is 6.01. The van der Waals surface area contributed by atoms with Crippen molar-refractivity contribution in [2.75, 3.05) is 11.9 Å². The van der Waals surface area contributed by atoms with E-state index in [0.29, 0.717) is 6.42 Å². The first-order valence-electron chi connectivity index (χ1n) is 7.57. The van der Waals surface area contributed by atoms with Crippen molar-refractivity contribution >= 4 is 21.8 Å². The molecule has 1 atom stereocenters. The molecule has 0 aliphatic heterocycles. The molecule has 2 aliphatic rings. The van der Waals surface area contributed by atoms with Crippen molar-refractivity contribution in [3.8, 4) is 0 Å². The van der Waals surface area contributed by atoms with Gasteiger partial charge in [-0.05, 0) is 30.0 Å². The molecule has 4 heteroatoms. The van der Waals surface area contributed by atoms with Crippen LogP contribution in [0.1, 0.15) is 17.5 Å². The monoisotopic (exact) mass is 363 g/mol. The number of fused-ring (bicyclic) bond motifs is 1. The molecule has 22 heavy (non-hydrogen) atoms. The molecule has 2 nitrogen and oxygen atoms in total. The number of rotatable bonds is 4. The summed E-state index contributed by atoms with van der Waals surface area (Å²) >= 11 is 3.23. The third kappa shape index (κ3) is 3.17. The first kappa shape index (κ1) is 15.5. The van der Waals surface area contributed by atoms with Crippen LogP contribution in [0.2, 0.25) is 0 Å². The van der Waals surface area contributed by atoms with Crippen LogP contribution in [0.3, 0.4) is 0 Å². The maximum absolute atomic E-state index is 15.0. The quantitative estimate of drug-likeness (QED) is 0.748. The number of alkyl halides is 2. The second kappa shape index (κ2) is 6.37. The molecule has 0 bridgehead atoms. The van der Waals surface area contributed by atoms with Crippen LogP contribution in [0.25, 0.3) is 0 Å². The highest BCUT2D eigenvalue weighted by Gasteiger charge is 2.36. The molecule has 1 aromatic carbocycles. The van der Waals surface area contributed by atoms with Crippen molar-refractivity contribution in [3.05, 3.63) is 59.7 Å². The third-order valence-electron chi connectivity index (χ3n) is 4.44. The van der Waals surface area contributed by atoms with E-state index in [1.807, 2.05) is 24.3 Å². The molecule has 0 saturated heterocycles. The lowest BCUT2D eigenvalue weighted by Crippen LogP contribution is -2.48. The van der Waals surface area contributed by atoms with E-state index >= 15 is 0 Å². The Kier molecular flexibility index (Phi) is 4.48. The normalized spacial score (nSPS) is 23.5. The zero-order chi connectivity index (χ0) is 15.6. The summed E-state index contributed by atoms with van der Waals surface area (Å²) in [6.45, 7) is 0.122. The smallest absolute Gasteiger partial charge is 0.233 e. The number of carbonyl (C=O) groups is 1. The van der Waals surface area contributed by atoms with Crippen molar-refractivity contribution < 1.29 is 9.18 Å². The number of allylic oxidation sites excluding steroid dienone is 3. The van der Waals surface area contributed by atoms with E-state index in [-0.39, 0.29) is 23.8 Å². The lowest BCUT2D eigenvalue weighted by atomic mass is 9.95. The minimum atomic E-state index is -1.46. The van der Waals surface area contributed by atoms with Crippen LogP contribution in [-0.4, -0.2) is 34.4 Å². The molecular formula is C18H19BrFNO. The molecule has 1 amide bonds. The van der Waals surface area contributed by atoms with Gasteiger partial charge in [0.25, 0.3) is 0 Å². The molecule has 0 N–H and O–H groups in total. The Bertz CT molecular complexity index is 602. The van der Waals surface area contributed by atoms with Crippen LogP contribution >= 0.6 is 15.9 Å². The van der Waals surface area contributed by atoms with E-state index in [0.717, 1.165) is 12.8 Å². The molecule has 0 spiro atoms. The summed E-state index contributed by atoms with van der Waals surface area (Å²) in [6, 6.07) is 8.28. The molecule has 0 saturated carbocycles. The Morgan fingerprint density at radius 3 is 2.50 bits per heavy atom. The maximum atomic E-state index is 15.0. The fourth-order valence-electron chi connectivity index (χ4n) is 3.29. The van der Waals surface area contributed by atoms with Gasteiger partial charge >= 0.3 is 0 Å². The van der Waals surface area contributed by atoms with Crippen LogP contribution in [0, 0.1) is 0 Å².